The summed E-state index contributed by atoms with van der Waals surface area (Å²) in [7, 11) is 0. The van der Waals surface area contributed by atoms with Crippen LogP contribution in [0.1, 0.15) is 32.3 Å². The number of benzene rings is 1. The van der Waals surface area contributed by atoms with Crippen molar-refractivity contribution < 1.29 is 19.0 Å². The summed E-state index contributed by atoms with van der Waals surface area (Å²) >= 11 is 1.40. The van der Waals surface area contributed by atoms with E-state index in [1.807, 2.05) is 50.2 Å². The number of rotatable bonds is 9. The number of thiazole rings is 1. The Bertz CT molecular complexity index is 1030. The largest absolute Gasteiger partial charge is 0.477 e. The van der Waals surface area contributed by atoms with Crippen LogP contribution in [0.25, 0.3) is 10.3 Å². The Morgan fingerprint density at radius 1 is 1.19 bits per heavy atom. The topological polar surface area (TPSA) is 82.6 Å². The molecule has 1 fully saturated rings. The molecular formula is C23H27N3O4S. The second kappa shape index (κ2) is 9.62. The van der Waals surface area contributed by atoms with Crippen LogP contribution in [0.5, 0.6) is 16.8 Å². The summed E-state index contributed by atoms with van der Waals surface area (Å²) in [4.78, 5) is 20.9. The third-order valence-electron chi connectivity index (χ3n) is 5.13. The maximum atomic E-state index is 11.0. The first kappa shape index (κ1) is 21.5. The van der Waals surface area contributed by atoms with Crippen molar-refractivity contribution in [2.75, 3.05) is 13.2 Å². The predicted molar refractivity (Wildman–Crippen MR) is 120 cm³/mol. The molecular weight excluding hydrogens is 414 g/mol. The summed E-state index contributed by atoms with van der Waals surface area (Å²) in [6.45, 7) is 6.65. The molecule has 2 aromatic heterocycles. The van der Waals surface area contributed by atoms with Crippen molar-refractivity contribution in [1.82, 2.24) is 15.3 Å². The molecule has 1 aromatic carbocycles. The van der Waals surface area contributed by atoms with Gasteiger partial charge in [0.05, 0.1) is 19.3 Å². The van der Waals surface area contributed by atoms with Gasteiger partial charge >= 0.3 is 0 Å². The van der Waals surface area contributed by atoms with E-state index < -0.39 is 0 Å². The van der Waals surface area contributed by atoms with Crippen LogP contribution in [-0.4, -0.2) is 41.2 Å². The molecule has 4 rings (SSSR count). The van der Waals surface area contributed by atoms with Gasteiger partial charge in [-0.1, -0.05) is 29.0 Å². The summed E-state index contributed by atoms with van der Waals surface area (Å²) in [5.74, 6) is 1.78. The molecule has 1 saturated carbocycles. The zero-order valence-electron chi connectivity index (χ0n) is 18.0. The number of pyridine rings is 1. The minimum Gasteiger partial charge on any atom is -0.477 e. The summed E-state index contributed by atoms with van der Waals surface area (Å²) in [5.41, 5.74) is 1.98. The van der Waals surface area contributed by atoms with Crippen LogP contribution in [0.15, 0.2) is 36.4 Å². The molecule has 1 atom stereocenters. The average molecular weight is 442 g/mol. The second-order valence-electron chi connectivity index (χ2n) is 8.07. The van der Waals surface area contributed by atoms with Crippen molar-refractivity contribution in [3.63, 3.8) is 0 Å². The highest BCUT2D eigenvalue weighted by molar-refractivity contribution is 7.19. The predicted octanol–water partition coefficient (Wildman–Crippen LogP) is 4.49. The number of aryl methyl sites for hydroxylation is 1. The van der Waals surface area contributed by atoms with Crippen molar-refractivity contribution in [3.8, 4) is 16.8 Å². The molecule has 0 bridgehead atoms. The van der Waals surface area contributed by atoms with E-state index in [1.165, 1.54) is 23.8 Å². The molecule has 0 unspecified atom stereocenters. The number of carbonyl (C=O) groups excluding carboxylic acids is 1. The molecule has 1 aliphatic rings. The van der Waals surface area contributed by atoms with Gasteiger partial charge in [-0.05, 0) is 50.8 Å². The summed E-state index contributed by atoms with van der Waals surface area (Å²) in [6.07, 6.45) is 2.16. The maximum Gasteiger partial charge on any atom is 0.281 e. The van der Waals surface area contributed by atoms with E-state index in [-0.39, 0.29) is 18.1 Å². The zero-order chi connectivity index (χ0) is 21.8. The number of ether oxygens (including phenoxy) is 3. The minimum atomic E-state index is -0.0322. The van der Waals surface area contributed by atoms with Crippen LogP contribution in [0.3, 0.4) is 0 Å². The number of nitrogens with zero attached hydrogens (tertiary/aromatic N) is 2. The monoisotopic (exact) mass is 441 g/mol. The molecule has 164 valence electrons. The first-order valence-electron chi connectivity index (χ1n) is 10.5. The molecule has 2 heterocycles. The third kappa shape index (κ3) is 5.92. The standard InChI is InChI=1S/C23H27N3O4S/c1-14-4-6-18(7-5-14)30-23-25-20-8-9-21(26-22(20)31-23)29-13-17-10-19(11-17)28-12-15(2)24-16(3)27/h4-9,15,17,19H,10-13H2,1-3H3,(H,24,27)/t15-,17-,19-/m0/s1. The van der Waals surface area contributed by atoms with Crippen LogP contribution in [0.2, 0.25) is 0 Å². The van der Waals surface area contributed by atoms with E-state index in [1.54, 1.807) is 0 Å². The maximum absolute atomic E-state index is 11.0. The highest BCUT2D eigenvalue weighted by Crippen LogP contribution is 2.33. The Morgan fingerprint density at radius 2 is 1.97 bits per heavy atom. The number of hydrogen-bond acceptors (Lipinski definition) is 7. The van der Waals surface area contributed by atoms with Gasteiger partial charge in [-0.2, -0.15) is 0 Å². The van der Waals surface area contributed by atoms with E-state index >= 15 is 0 Å². The van der Waals surface area contributed by atoms with E-state index in [0.717, 1.165) is 28.9 Å². The molecule has 0 aliphatic heterocycles. The molecule has 1 N–H and O–H groups in total. The second-order valence-corrected chi connectivity index (χ2v) is 9.01. The van der Waals surface area contributed by atoms with Crippen molar-refractivity contribution >= 4 is 27.6 Å². The van der Waals surface area contributed by atoms with E-state index in [4.69, 9.17) is 14.2 Å². The van der Waals surface area contributed by atoms with Gasteiger partial charge in [-0.25, -0.2) is 9.97 Å². The first-order chi connectivity index (χ1) is 14.9. The number of hydrogen-bond donors (Lipinski definition) is 1. The number of carbonyl (C=O) groups is 1. The highest BCUT2D eigenvalue weighted by Gasteiger charge is 2.30. The fourth-order valence-corrected chi connectivity index (χ4v) is 4.23. The molecule has 3 aromatic rings. The van der Waals surface area contributed by atoms with Crippen LogP contribution in [0.4, 0.5) is 0 Å². The van der Waals surface area contributed by atoms with Gasteiger partial charge in [0.1, 0.15) is 11.3 Å². The van der Waals surface area contributed by atoms with Gasteiger partial charge in [0.2, 0.25) is 11.8 Å². The van der Waals surface area contributed by atoms with E-state index in [2.05, 4.69) is 15.3 Å². The highest BCUT2D eigenvalue weighted by atomic mass is 32.1. The Hall–Kier alpha value is -2.71. The minimum absolute atomic E-state index is 0.0306. The molecule has 0 saturated heterocycles. The molecule has 8 heteroatoms. The fraction of sp³-hybridized carbons (Fsp3) is 0.435. The van der Waals surface area contributed by atoms with Crippen molar-refractivity contribution in [2.45, 2.75) is 45.8 Å². The Kier molecular flexibility index (Phi) is 6.67. The van der Waals surface area contributed by atoms with Crippen LogP contribution in [0, 0.1) is 12.8 Å². The summed E-state index contributed by atoms with van der Waals surface area (Å²) in [6, 6.07) is 11.7. The summed E-state index contributed by atoms with van der Waals surface area (Å²) < 4.78 is 17.6. The van der Waals surface area contributed by atoms with Crippen LogP contribution >= 0.6 is 11.3 Å². The number of aromatic nitrogens is 2. The van der Waals surface area contributed by atoms with Crippen LogP contribution in [-0.2, 0) is 9.53 Å². The van der Waals surface area contributed by atoms with E-state index in [0.29, 0.717) is 30.2 Å². The average Bonchev–Trinajstić information content (AvgIpc) is 3.09. The SMILES string of the molecule is CC(=O)N[C@@H](C)CO[C@H]1C[C@H](COc2ccc3nc(Oc4ccc(C)cc4)sc3n2)C1. The van der Waals surface area contributed by atoms with E-state index in [9.17, 15) is 4.79 Å². The van der Waals surface area contributed by atoms with Crippen molar-refractivity contribution in [3.05, 3.63) is 42.0 Å². The fourth-order valence-electron chi connectivity index (χ4n) is 3.43. The number of fused-ring (bicyclic) bond motifs is 1. The molecule has 0 radical (unpaired) electrons. The lowest BCUT2D eigenvalue weighted by Crippen LogP contribution is -2.40. The summed E-state index contributed by atoms with van der Waals surface area (Å²) in [5, 5.41) is 3.39. The van der Waals surface area contributed by atoms with Gasteiger partial charge in [0, 0.05) is 19.0 Å². The lowest BCUT2D eigenvalue weighted by atomic mass is 9.83. The Morgan fingerprint density at radius 3 is 2.71 bits per heavy atom. The molecule has 1 aliphatic carbocycles. The number of nitrogens with one attached hydrogen (secondary N) is 1. The van der Waals surface area contributed by atoms with Crippen molar-refractivity contribution in [2.24, 2.45) is 5.92 Å². The van der Waals surface area contributed by atoms with Gasteiger partial charge in [0.25, 0.3) is 5.19 Å². The van der Waals surface area contributed by atoms with Gasteiger partial charge in [-0.3, -0.25) is 4.79 Å². The lowest BCUT2D eigenvalue weighted by molar-refractivity contribution is -0.120. The number of amides is 1. The van der Waals surface area contributed by atoms with Crippen LogP contribution < -0.4 is 14.8 Å². The molecule has 7 nitrogen and oxygen atoms in total. The van der Waals surface area contributed by atoms with Crippen molar-refractivity contribution in [1.29, 1.82) is 0 Å². The molecule has 1 amide bonds. The molecule has 31 heavy (non-hydrogen) atoms. The third-order valence-corrected chi connectivity index (χ3v) is 5.97. The first-order valence-corrected chi connectivity index (χ1v) is 11.3. The van der Waals surface area contributed by atoms with Gasteiger partial charge in [0.15, 0.2) is 4.83 Å². The Labute approximate surface area is 185 Å². The zero-order valence-corrected chi connectivity index (χ0v) is 18.8. The van der Waals surface area contributed by atoms with Gasteiger partial charge in [-0.15, -0.1) is 0 Å². The lowest BCUT2D eigenvalue weighted by Gasteiger charge is -2.35. The molecule has 0 spiro atoms. The van der Waals surface area contributed by atoms with Gasteiger partial charge < -0.3 is 19.5 Å². The quantitative estimate of drug-likeness (QED) is 0.527. The Balaban J connectivity index is 1.23. The smallest absolute Gasteiger partial charge is 0.281 e. The normalized spacial score (nSPS) is 18.9.